The summed E-state index contributed by atoms with van der Waals surface area (Å²) in [4.78, 5) is 63.9. The average Bonchev–Trinajstić information content (AvgIpc) is 3.97. The monoisotopic (exact) mass is 767 g/mol. The molecule has 1 aliphatic carbocycles. The number of hydrogen-bond donors (Lipinski definition) is 2. The summed E-state index contributed by atoms with van der Waals surface area (Å²) in [5.74, 6) is -1.54. The van der Waals surface area contributed by atoms with E-state index in [2.05, 4.69) is 24.1 Å². The van der Waals surface area contributed by atoms with Crippen LogP contribution in [0.5, 0.6) is 0 Å². The van der Waals surface area contributed by atoms with Crippen LogP contribution < -0.4 is 11.1 Å². The Morgan fingerprint density at radius 3 is 2.30 bits per heavy atom. The Morgan fingerprint density at radius 1 is 1.04 bits per heavy atom. The summed E-state index contributed by atoms with van der Waals surface area (Å²) in [5, 5.41) is 5.98. The van der Waals surface area contributed by atoms with Crippen molar-refractivity contribution in [3.8, 4) is 0 Å². The van der Waals surface area contributed by atoms with E-state index in [1.54, 1.807) is 32.4 Å². The minimum atomic E-state index is -0.848. The third-order valence-electron chi connectivity index (χ3n) is 12.2. The zero-order valence-electron chi connectivity index (χ0n) is 33.8. The molecule has 300 valence electrons. The first-order chi connectivity index (χ1) is 25.8. The zero-order valence-corrected chi connectivity index (χ0v) is 34.6. The van der Waals surface area contributed by atoms with Crippen molar-refractivity contribution in [2.24, 2.45) is 29.4 Å². The smallest absolute Gasteiger partial charge is 0.226 e. The molecular weight excluding hydrogens is 703 g/mol. The maximum Gasteiger partial charge on any atom is 0.226 e. The second-order valence-electron chi connectivity index (χ2n) is 16.1. The van der Waals surface area contributed by atoms with Crippen molar-refractivity contribution in [1.82, 2.24) is 20.1 Å². The molecule has 2 fully saturated rings. The Kier molecular flexibility index (Phi) is 16.2. The number of ketones is 1. The van der Waals surface area contributed by atoms with Crippen molar-refractivity contribution in [3.63, 3.8) is 0 Å². The van der Waals surface area contributed by atoms with Crippen molar-refractivity contribution in [2.45, 2.75) is 135 Å². The number of hydrogen-bond acceptors (Lipinski definition) is 9. The lowest BCUT2D eigenvalue weighted by molar-refractivity contribution is -0.149. The van der Waals surface area contributed by atoms with Gasteiger partial charge in [0.15, 0.2) is 5.78 Å². The Morgan fingerprint density at radius 2 is 1.72 bits per heavy atom. The van der Waals surface area contributed by atoms with Crippen molar-refractivity contribution >= 4 is 34.8 Å². The number of nitrogens with zero attached hydrogens (tertiary/aromatic N) is 3. The second kappa shape index (κ2) is 20.1. The topological polar surface area (TPSA) is 144 Å². The van der Waals surface area contributed by atoms with Crippen LogP contribution in [0.15, 0.2) is 41.9 Å². The molecule has 54 heavy (non-hydrogen) atoms. The van der Waals surface area contributed by atoms with Gasteiger partial charge in [-0.1, -0.05) is 84.2 Å². The number of nitrogens with one attached hydrogen (secondary N) is 1. The van der Waals surface area contributed by atoms with Gasteiger partial charge < -0.3 is 30.3 Å². The molecule has 1 aromatic carbocycles. The number of benzene rings is 1. The number of rotatable bonds is 20. The number of amides is 3. The lowest BCUT2D eigenvalue weighted by atomic mass is 9.81. The third kappa shape index (κ3) is 10.6. The van der Waals surface area contributed by atoms with Crippen molar-refractivity contribution in [2.75, 3.05) is 27.8 Å². The minimum absolute atomic E-state index is 0.0161. The summed E-state index contributed by atoms with van der Waals surface area (Å²) in [6.07, 6.45) is 6.86. The van der Waals surface area contributed by atoms with E-state index in [1.807, 2.05) is 61.4 Å². The van der Waals surface area contributed by atoms with Crippen LogP contribution in [-0.2, 0) is 35.1 Å². The van der Waals surface area contributed by atoms with Crippen LogP contribution in [0.1, 0.15) is 109 Å². The molecule has 2 aliphatic rings. The van der Waals surface area contributed by atoms with Crippen molar-refractivity contribution < 1.29 is 28.7 Å². The number of carbonyl (C=O) groups excluding carboxylic acids is 4. The molecule has 3 N–H and O–H groups in total. The lowest BCUT2D eigenvalue weighted by Crippen LogP contribution is -2.55. The molecule has 11 nitrogen and oxygen atoms in total. The molecule has 3 amide bonds. The normalized spacial score (nSPS) is 20.9. The van der Waals surface area contributed by atoms with Crippen LogP contribution >= 0.6 is 11.3 Å². The van der Waals surface area contributed by atoms with E-state index in [4.69, 9.17) is 15.2 Å². The van der Waals surface area contributed by atoms with Crippen LogP contribution in [0, 0.1) is 23.7 Å². The van der Waals surface area contributed by atoms with Gasteiger partial charge in [0.1, 0.15) is 5.01 Å². The first-order valence-electron chi connectivity index (χ1n) is 19.9. The fraction of sp³-hybridized carbons (Fsp3) is 0.690. The Labute approximate surface area is 327 Å². The van der Waals surface area contributed by atoms with Gasteiger partial charge in [-0.15, -0.1) is 11.3 Å². The molecule has 2 heterocycles. The highest BCUT2D eigenvalue weighted by Gasteiger charge is 2.44. The highest BCUT2D eigenvalue weighted by molar-refractivity contribution is 7.09. The summed E-state index contributed by atoms with van der Waals surface area (Å²) in [5.41, 5.74) is 6.77. The summed E-state index contributed by atoms with van der Waals surface area (Å²) in [6, 6.07) is 9.02. The first-order valence-corrected chi connectivity index (χ1v) is 20.8. The van der Waals surface area contributed by atoms with Crippen molar-refractivity contribution in [1.29, 1.82) is 0 Å². The van der Waals surface area contributed by atoms with Crippen LogP contribution in [0.25, 0.3) is 0 Å². The number of carbonyl (C=O) groups is 4. The summed E-state index contributed by atoms with van der Waals surface area (Å²) in [7, 11) is 4.97. The molecule has 4 rings (SSSR count). The number of thiazole rings is 1. The summed E-state index contributed by atoms with van der Waals surface area (Å²) >= 11 is 1.51. The van der Waals surface area contributed by atoms with E-state index in [0.717, 1.165) is 36.3 Å². The number of nitrogens with two attached hydrogens (primary N) is 1. The van der Waals surface area contributed by atoms with E-state index >= 15 is 0 Å². The lowest BCUT2D eigenvalue weighted by Gasteiger charge is -2.41. The number of ether oxygens (including phenoxy) is 2. The summed E-state index contributed by atoms with van der Waals surface area (Å²) < 4.78 is 12.1. The molecule has 12 heteroatoms. The van der Waals surface area contributed by atoms with Gasteiger partial charge in [0.2, 0.25) is 17.7 Å². The number of aromatic nitrogens is 1. The number of likely N-dealkylation sites (N-methyl/N-ethyl adjacent to an activating group) is 1. The van der Waals surface area contributed by atoms with Gasteiger partial charge in [-0.25, -0.2) is 4.98 Å². The molecule has 1 saturated heterocycles. The van der Waals surface area contributed by atoms with Gasteiger partial charge in [0.25, 0.3) is 0 Å². The zero-order chi connectivity index (χ0) is 39.6. The molecule has 1 aliphatic heterocycles. The quantitative estimate of drug-likeness (QED) is 0.168. The van der Waals surface area contributed by atoms with Gasteiger partial charge in [-0.3, -0.25) is 19.2 Å². The fourth-order valence-corrected chi connectivity index (χ4v) is 9.31. The highest BCUT2D eigenvalue weighted by atomic mass is 32.1. The van der Waals surface area contributed by atoms with Gasteiger partial charge in [0.05, 0.1) is 48.2 Å². The molecule has 1 saturated carbocycles. The third-order valence-corrected chi connectivity index (χ3v) is 13.1. The fourth-order valence-electron chi connectivity index (χ4n) is 8.62. The number of likely N-dealkylation sites (tertiary alicyclic amines) is 1. The predicted molar refractivity (Wildman–Crippen MR) is 213 cm³/mol. The highest BCUT2D eigenvalue weighted by Crippen LogP contribution is 2.34. The molecule has 2 aromatic rings. The number of Topliss-reactive ketones (excluding diaryl/α,β-unsaturated/α-hetero) is 1. The van der Waals surface area contributed by atoms with E-state index in [-0.39, 0.29) is 60.3 Å². The van der Waals surface area contributed by atoms with Crippen LogP contribution in [0.2, 0.25) is 0 Å². The van der Waals surface area contributed by atoms with Crippen LogP contribution in [0.3, 0.4) is 0 Å². The predicted octanol–water partition coefficient (Wildman–Crippen LogP) is 5.97. The standard InChI is InChI=1S/C42H65N5O6S/c1-9-28(4)37(46(6)41(51)31(27(2)3)25-35(48)42(43)19-13-14-20-42)34(52-7)26-36(49)47-22-15-18-33(47)38(53-8)29(5)39(50)45-32(40-44-21-23-54-40)24-30-16-11-10-12-17-30/h10-12,16-17,21,23,27-29,31-34,37-38H,9,13-15,18-20,22,24-26,43H2,1-8H3,(H,45,50). The molecular formula is C42H65N5O6S. The number of methoxy groups -OCH3 is 2. The largest absolute Gasteiger partial charge is 0.379 e. The van der Waals surface area contributed by atoms with Gasteiger partial charge in [-0.2, -0.15) is 0 Å². The van der Waals surface area contributed by atoms with Gasteiger partial charge >= 0.3 is 0 Å². The maximum absolute atomic E-state index is 14.3. The molecule has 0 spiro atoms. The molecule has 8 atom stereocenters. The van der Waals surface area contributed by atoms with Gasteiger partial charge in [-0.05, 0) is 49.5 Å². The van der Waals surface area contributed by atoms with Crippen LogP contribution in [0.4, 0.5) is 0 Å². The summed E-state index contributed by atoms with van der Waals surface area (Å²) in [6.45, 7) is 10.5. The average molecular weight is 768 g/mol. The Bertz CT molecular complexity index is 1500. The SMILES string of the molecule is CCC(C)C(C(CC(=O)N1CCCC1C(OC)C(C)C(=O)NC(Cc1ccccc1)c1nccs1)OC)N(C)C(=O)C(CC(=O)C1(N)CCCC1)C(C)C. The first kappa shape index (κ1) is 43.5. The second-order valence-corrected chi connectivity index (χ2v) is 17.0. The molecule has 1 aromatic heterocycles. The van der Waals surface area contributed by atoms with E-state index in [9.17, 15) is 19.2 Å². The van der Waals surface area contributed by atoms with E-state index < -0.39 is 35.6 Å². The molecule has 0 bridgehead atoms. The van der Waals surface area contributed by atoms with Gasteiger partial charge in [0, 0.05) is 51.7 Å². The van der Waals surface area contributed by atoms with Crippen LogP contribution in [-0.4, -0.2) is 95.9 Å². The maximum atomic E-state index is 14.3. The van der Waals surface area contributed by atoms with E-state index in [0.29, 0.717) is 32.2 Å². The minimum Gasteiger partial charge on any atom is -0.379 e. The van der Waals surface area contributed by atoms with E-state index in [1.165, 1.54) is 11.3 Å². The molecule has 8 unspecified atom stereocenters. The molecule has 0 radical (unpaired) electrons. The Hall–Kier alpha value is -3.19. The Balaban J connectivity index is 1.47. The van der Waals surface area contributed by atoms with Crippen molar-refractivity contribution in [3.05, 3.63) is 52.5 Å².